The maximum atomic E-state index is 11.9. The Labute approximate surface area is 107 Å². The van der Waals surface area contributed by atoms with E-state index in [4.69, 9.17) is 0 Å². The Bertz CT molecular complexity index is 543. The van der Waals surface area contributed by atoms with Crippen LogP contribution in [0.2, 0.25) is 0 Å². The molecule has 0 aliphatic heterocycles. The van der Waals surface area contributed by atoms with Gasteiger partial charge in [0.1, 0.15) is 6.33 Å². The fraction of sp³-hybridized carbons (Fsp3) is 0.0833. The van der Waals surface area contributed by atoms with Gasteiger partial charge in [0.25, 0.3) is 5.91 Å². The van der Waals surface area contributed by atoms with E-state index in [0.717, 1.165) is 10.0 Å². The van der Waals surface area contributed by atoms with E-state index in [2.05, 4.69) is 31.2 Å². The Kier molecular flexibility index (Phi) is 3.49. The van der Waals surface area contributed by atoms with Gasteiger partial charge < -0.3 is 5.32 Å². The standard InChI is InChI=1S/C12H10BrN3O/c1-8-2-3-10(11(13)4-8)12(17)16-9-5-14-7-15-6-9/h2-7H,1H3,(H,16,17). The van der Waals surface area contributed by atoms with Gasteiger partial charge in [0.2, 0.25) is 0 Å². The third-order valence-corrected chi connectivity index (χ3v) is 2.84. The highest BCUT2D eigenvalue weighted by Gasteiger charge is 2.10. The van der Waals surface area contributed by atoms with Crippen molar-refractivity contribution in [1.29, 1.82) is 0 Å². The first kappa shape index (κ1) is 11.7. The molecule has 0 bridgehead atoms. The van der Waals surface area contributed by atoms with Gasteiger partial charge >= 0.3 is 0 Å². The number of carbonyl (C=O) groups is 1. The molecule has 0 unspecified atom stereocenters. The number of amides is 1. The summed E-state index contributed by atoms with van der Waals surface area (Å²) < 4.78 is 0.770. The number of carbonyl (C=O) groups excluding carboxylic acids is 1. The predicted octanol–water partition coefficient (Wildman–Crippen LogP) is 2.80. The van der Waals surface area contributed by atoms with Crippen LogP contribution in [-0.2, 0) is 0 Å². The molecule has 1 aromatic heterocycles. The van der Waals surface area contributed by atoms with Crippen molar-refractivity contribution in [1.82, 2.24) is 9.97 Å². The summed E-state index contributed by atoms with van der Waals surface area (Å²) in [6.07, 6.45) is 4.51. The molecule has 0 aliphatic carbocycles. The molecule has 86 valence electrons. The number of hydrogen-bond donors (Lipinski definition) is 1. The van der Waals surface area contributed by atoms with Gasteiger partial charge in [0, 0.05) is 4.47 Å². The number of aromatic nitrogens is 2. The summed E-state index contributed by atoms with van der Waals surface area (Å²) in [4.78, 5) is 19.6. The molecule has 0 spiro atoms. The molecule has 2 rings (SSSR count). The van der Waals surface area contributed by atoms with Gasteiger partial charge in [-0.25, -0.2) is 9.97 Å². The molecule has 0 radical (unpaired) electrons. The van der Waals surface area contributed by atoms with E-state index in [0.29, 0.717) is 11.3 Å². The summed E-state index contributed by atoms with van der Waals surface area (Å²) in [6.45, 7) is 1.97. The summed E-state index contributed by atoms with van der Waals surface area (Å²) >= 11 is 3.37. The number of anilines is 1. The van der Waals surface area contributed by atoms with Crippen LogP contribution in [0.3, 0.4) is 0 Å². The van der Waals surface area contributed by atoms with Crippen molar-refractivity contribution in [2.75, 3.05) is 5.32 Å². The van der Waals surface area contributed by atoms with Crippen molar-refractivity contribution in [2.24, 2.45) is 0 Å². The number of hydrogen-bond acceptors (Lipinski definition) is 3. The third kappa shape index (κ3) is 2.88. The van der Waals surface area contributed by atoms with Crippen LogP contribution < -0.4 is 5.32 Å². The molecule has 1 aromatic carbocycles. The maximum Gasteiger partial charge on any atom is 0.256 e. The lowest BCUT2D eigenvalue weighted by Crippen LogP contribution is -2.12. The van der Waals surface area contributed by atoms with Crippen LogP contribution in [0.4, 0.5) is 5.69 Å². The van der Waals surface area contributed by atoms with E-state index >= 15 is 0 Å². The molecule has 1 N–H and O–H groups in total. The zero-order valence-electron chi connectivity index (χ0n) is 9.14. The molecule has 1 amide bonds. The van der Waals surface area contributed by atoms with Crippen LogP contribution in [0.1, 0.15) is 15.9 Å². The van der Waals surface area contributed by atoms with Crippen LogP contribution in [0.15, 0.2) is 41.4 Å². The fourth-order valence-electron chi connectivity index (χ4n) is 1.37. The lowest BCUT2D eigenvalue weighted by Gasteiger charge is -2.06. The van der Waals surface area contributed by atoms with E-state index < -0.39 is 0 Å². The normalized spacial score (nSPS) is 10.0. The molecule has 0 atom stereocenters. The average Bonchev–Trinajstić information content (AvgIpc) is 2.30. The lowest BCUT2D eigenvalue weighted by atomic mass is 10.1. The highest BCUT2D eigenvalue weighted by Crippen LogP contribution is 2.19. The van der Waals surface area contributed by atoms with E-state index in [1.807, 2.05) is 19.1 Å². The van der Waals surface area contributed by atoms with Crippen LogP contribution in [0, 0.1) is 6.92 Å². The van der Waals surface area contributed by atoms with Gasteiger partial charge in [0.05, 0.1) is 23.6 Å². The second kappa shape index (κ2) is 5.05. The zero-order valence-corrected chi connectivity index (χ0v) is 10.7. The molecule has 5 heteroatoms. The number of benzene rings is 1. The first-order chi connectivity index (χ1) is 8.16. The number of nitrogens with one attached hydrogen (secondary N) is 1. The number of aryl methyl sites for hydroxylation is 1. The number of nitrogens with zero attached hydrogens (tertiary/aromatic N) is 2. The first-order valence-corrected chi connectivity index (χ1v) is 5.78. The minimum absolute atomic E-state index is 0.188. The van der Waals surface area contributed by atoms with Crippen molar-refractivity contribution in [3.8, 4) is 0 Å². The molecule has 4 nitrogen and oxygen atoms in total. The summed E-state index contributed by atoms with van der Waals surface area (Å²) in [5.41, 5.74) is 2.25. The molecule has 1 heterocycles. The molecule has 0 saturated heterocycles. The Morgan fingerprint density at radius 1 is 1.29 bits per heavy atom. The molecule has 17 heavy (non-hydrogen) atoms. The largest absolute Gasteiger partial charge is 0.319 e. The van der Waals surface area contributed by atoms with Crippen molar-refractivity contribution in [3.05, 3.63) is 52.5 Å². The van der Waals surface area contributed by atoms with Crippen LogP contribution in [0.5, 0.6) is 0 Å². The summed E-state index contributed by atoms with van der Waals surface area (Å²) in [7, 11) is 0. The van der Waals surface area contributed by atoms with E-state index in [1.165, 1.54) is 6.33 Å². The van der Waals surface area contributed by atoms with Crippen LogP contribution >= 0.6 is 15.9 Å². The highest BCUT2D eigenvalue weighted by molar-refractivity contribution is 9.10. The Hall–Kier alpha value is -1.75. The topological polar surface area (TPSA) is 54.9 Å². The smallest absolute Gasteiger partial charge is 0.256 e. The number of halogens is 1. The molecule has 0 saturated carbocycles. The quantitative estimate of drug-likeness (QED) is 0.926. The molecular formula is C12H10BrN3O. The summed E-state index contributed by atoms with van der Waals surface area (Å²) in [5, 5.41) is 2.72. The first-order valence-electron chi connectivity index (χ1n) is 4.99. The van der Waals surface area contributed by atoms with E-state index in [9.17, 15) is 4.79 Å². The van der Waals surface area contributed by atoms with Gasteiger partial charge in [-0.3, -0.25) is 4.79 Å². The minimum atomic E-state index is -0.188. The molecular weight excluding hydrogens is 282 g/mol. The van der Waals surface area contributed by atoms with Gasteiger partial charge in [-0.2, -0.15) is 0 Å². The van der Waals surface area contributed by atoms with Gasteiger partial charge in [0.15, 0.2) is 0 Å². The Balaban J connectivity index is 2.21. The van der Waals surface area contributed by atoms with Crippen LogP contribution in [0.25, 0.3) is 0 Å². The van der Waals surface area contributed by atoms with Gasteiger partial charge in [-0.15, -0.1) is 0 Å². The Morgan fingerprint density at radius 3 is 2.65 bits per heavy atom. The van der Waals surface area contributed by atoms with Crippen LogP contribution in [-0.4, -0.2) is 15.9 Å². The second-order valence-corrected chi connectivity index (χ2v) is 4.42. The lowest BCUT2D eigenvalue weighted by molar-refractivity contribution is 0.102. The van der Waals surface area contributed by atoms with Gasteiger partial charge in [-0.1, -0.05) is 6.07 Å². The van der Waals surface area contributed by atoms with E-state index in [1.54, 1.807) is 18.5 Å². The van der Waals surface area contributed by atoms with Crippen molar-refractivity contribution < 1.29 is 4.79 Å². The number of rotatable bonds is 2. The second-order valence-electron chi connectivity index (χ2n) is 3.56. The fourth-order valence-corrected chi connectivity index (χ4v) is 2.04. The molecule has 2 aromatic rings. The summed E-state index contributed by atoms with van der Waals surface area (Å²) in [6, 6.07) is 5.57. The molecule has 0 aliphatic rings. The van der Waals surface area contributed by atoms with Crippen molar-refractivity contribution >= 4 is 27.5 Å². The van der Waals surface area contributed by atoms with Gasteiger partial charge in [-0.05, 0) is 40.5 Å². The van der Waals surface area contributed by atoms with Crippen molar-refractivity contribution in [3.63, 3.8) is 0 Å². The molecule has 0 fully saturated rings. The minimum Gasteiger partial charge on any atom is -0.319 e. The highest BCUT2D eigenvalue weighted by atomic mass is 79.9. The summed E-state index contributed by atoms with van der Waals surface area (Å²) in [5.74, 6) is -0.188. The SMILES string of the molecule is Cc1ccc(C(=O)Nc2cncnc2)c(Br)c1. The maximum absolute atomic E-state index is 11.9. The predicted molar refractivity (Wildman–Crippen MR) is 68.9 cm³/mol. The average molecular weight is 292 g/mol. The van der Waals surface area contributed by atoms with E-state index in [-0.39, 0.29) is 5.91 Å². The third-order valence-electron chi connectivity index (χ3n) is 2.19. The van der Waals surface area contributed by atoms with Crippen molar-refractivity contribution in [2.45, 2.75) is 6.92 Å². The monoisotopic (exact) mass is 291 g/mol. The zero-order chi connectivity index (χ0) is 12.3. The Morgan fingerprint density at radius 2 is 2.00 bits per heavy atom.